The predicted molar refractivity (Wildman–Crippen MR) is 92.9 cm³/mol. The highest BCUT2D eigenvalue weighted by Gasteiger charge is 2.29. The summed E-state index contributed by atoms with van der Waals surface area (Å²) >= 11 is 1.58. The molecule has 0 amide bonds. The third-order valence-electron chi connectivity index (χ3n) is 4.07. The fourth-order valence-corrected chi connectivity index (χ4v) is 3.57. The van der Waals surface area contributed by atoms with Gasteiger partial charge in [-0.15, -0.1) is 11.8 Å². The Bertz CT molecular complexity index is 656. The molecule has 1 fully saturated rings. The maximum absolute atomic E-state index is 12.5. The Kier molecular flexibility index (Phi) is 5.80. The Morgan fingerprint density at radius 2 is 1.60 bits per heavy atom. The lowest BCUT2D eigenvalue weighted by Gasteiger charge is -2.34. The summed E-state index contributed by atoms with van der Waals surface area (Å²) in [5.41, 5.74) is -0.601. The summed E-state index contributed by atoms with van der Waals surface area (Å²) in [4.78, 5) is 13.9. The van der Waals surface area contributed by atoms with Gasteiger partial charge in [-0.05, 0) is 30.3 Å². The number of alkyl halides is 3. The molecule has 0 bridgehead atoms. The Morgan fingerprint density at radius 3 is 2.20 bits per heavy atom. The van der Waals surface area contributed by atoms with Gasteiger partial charge in [-0.1, -0.05) is 0 Å². The fraction of sp³-hybridized carbons (Fsp3) is 0.412. The average Bonchev–Trinajstić information content (AvgIpc) is 2.63. The van der Waals surface area contributed by atoms with E-state index < -0.39 is 11.7 Å². The molecule has 1 saturated heterocycles. The fourth-order valence-electron chi connectivity index (χ4n) is 2.66. The first-order valence-electron chi connectivity index (χ1n) is 8.07. The van der Waals surface area contributed by atoms with E-state index in [9.17, 15) is 13.2 Å². The molecule has 1 aromatic carbocycles. The van der Waals surface area contributed by atoms with Gasteiger partial charge in [0.15, 0.2) is 0 Å². The Balaban J connectivity index is 1.40. The summed E-state index contributed by atoms with van der Waals surface area (Å²) in [5, 5.41) is 0. The first-order valence-corrected chi connectivity index (χ1v) is 9.05. The van der Waals surface area contributed by atoms with Crippen molar-refractivity contribution in [1.82, 2.24) is 14.9 Å². The van der Waals surface area contributed by atoms with E-state index in [0.717, 1.165) is 61.5 Å². The highest BCUT2D eigenvalue weighted by Crippen LogP contribution is 2.30. The van der Waals surface area contributed by atoms with Crippen molar-refractivity contribution < 1.29 is 13.2 Å². The minimum atomic E-state index is -4.27. The van der Waals surface area contributed by atoms with E-state index in [1.165, 1.54) is 12.1 Å². The maximum Gasteiger partial charge on any atom is 0.416 e. The van der Waals surface area contributed by atoms with Crippen molar-refractivity contribution in [1.29, 1.82) is 0 Å². The van der Waals surface area contributed by atoms with Crippen LogP contribution in [0.5, 0.6) is 0 Å². The molecular formula is C17H19F3N4S. The van der Waals surface area contributed by atoms with E-state index in [-0.39, 0.29) is 0 Å². The van der Waals surface area contributed by atoms with Gasteiger partial charge in [0.05, 0.1) is 5.56 Å². The minimum Gasteiger partial charge on any atom is -0.338 e. The van der Waals surface area contributed by atoms with Crippen molar-refractivity contribution in [2.75, 3.05) is 43.4 Å². The number of halogens is 3. The number of hydrogen-bond acceptors (Lipinski definition) is 5. The van der Waals surface area contributed by atoms with Gasteiger partial charge in [-0.25, -0.2) is 9.97 Å². The molecule has 0 radical (unpaired) electrons. The van der Waals surface area contributed by atoms with Crippen LogP contribution in [0.4, 0.5) is 19.1 Å². The zero-order valence-corrected chi connectivity index (χ0v) is 14.4. The number of rotatable bonds is 5. The Labute approximate surface area is 149 Å². The van der Waals surface area contributed by atoms with Gasteiger partial charge in [0.1, 0.15) is 0 Å². The summed E-state index contributed by atoms with van der Waals surface area (Å²) in [5.74, 6) is 1.62. The molecule has 0 spiro atoms. The van der Waals surface area contributed by atoms with Gasteiger partial charge >= 0.3 is 6.18 Å². The molecule has 0 unspecified atom stereocenters. The third-order valence-corrected chi connectivity index (χ3v) is 5.06. The summed E-state index contributed by atoms with van der Waals surface area (Å²) in [6, 6.07) is 7.16. The van der Waals surface area contributed by atoms with E-state index >= 15 is 0 Å². The molecule has 8 heteroatoms. The number of benzene rings is 1. The molecule has 3 rings (SSSR count). The van der Waals surface area contributed by atoms with Gasteiger partial charge in [-0.2, -0.15) is 13.2 Å². The van der Waals surface area contributed by atoms with E-state index in [1.54, 1.807) is 30.2 Å². The normalized spacial score (nSPS) is 16.2. The lowest BCUT2D eigenvalue weighted by Crippen LogP contribution is -2.47. The van der Waals surface area contributed by atoms with Crippen LogP contribution < -0.4 is 4.90 Å². The van der Waals surface area contributed by atoms with Gasteiger partial charge in [0.25, 0.3) is 0 Å². The van der Waals surface area contributed by atoms with Crippen LogP contribution in [0.3, 0.4) is 0 Å². The van der Waals surface area contributed by atoms with Crippen molar-refractivity contribution in [3.8, 4) is 0 Å². The first kappa shape index (κ1) is 18.0. The first-order chi connectivity index (χ1) is 12.0. The Morgan fingerprint density at radius 1 is 0.960 bits per heavy atom. The number of aromatic nitrogens is 2. The van der Waals surface area contributed by atoms with E-state index in [4.69, 9.17) is 0 Å². The second-order valence-electron chi connectivity index (χ2n) is 5.75. The highest BCUT2D eigenvalue weighted by atomic mass is 32.2. The molecule has 134 valence electrons. The molecule has 2 aromatic rings. The number of anilines is 1. The van der Waals surface area contributed by atoms with Crippen LogP contribution >= 0.6 is 11.8 Å². The molecule has 2 heterocycles. The summed E-state index contributed by atoms with van der Waals surface area (Å²) in [7, 11) is 0. The van der Waals surface area contributed by atoms with Crippen LogP contribution in [0.15, 0.2) is 47.6 Å². The quantitative estimate of drug-likeness (QED) is 0.755. The van der Waals surface area contributed by atoms with E-state index in [1.807, 2.05) is 0 Å². The lowest BCUT2D eigenvalue weighted by molar-refractivity contribution is -0.137. The van der Waals surface area contributed by atoms with Crippen molar-refractivity contribution in [3.63, 3.8) is 0 Å². The topological polar surface area (TPSA) is 32.3 Å². The second kappa shape index (κ2) is 8.05. The monoisotopic (exact) mass is 368 g/mol. The largest absolute Gasteiger partial charge is 0.416 e. The van der Waals surface area contributed by atoms with Crippen LogP contribution in [0.1, 0.15) is 5.56 Å². The standard InChI is InChI=1S/C17H19F3N4S/c18-17(19,20)14-2-4-15(5-3-14)25-13-12-23-8-10-24(11-9-23)16-21-6-1-7-22-16/h1-7H,8-13H2. The maximum atomic E-state index is 12.5. The van der Waals surface area contributed by atoms with Crippen molar-refractivity contribution in [2.45, 2.75) is 11.1 Å². The lowest BCUT2D eigenvalue weighted by atomic mass is 10.2. The van der Waals surface area contributed by atoms with Crippen LogP contribution in [0, 0.1) is 0 Å². The molecule has 1 aliphatic rings. The number of thioether (sulfide) groups is 1. The smallest absolute Gasteiger partial charge is 0.338 e. The zero-order valence-electron chi connectivity index (χ0n) is 13.6. The molecule has 0 N–H and O–H groups in total. The van der Waals surface area contributed by atoms with Crippen molar-refractivity contribution in [3.05, 3.63) is 48.3 Å². The SMILES string of the molecule is FC(F)(F)c1ccc(SCCN2CCN(c3ncccn3)CC2)cc1. The number of hydrogen-bond donors (Lipinski definition) is 0. The highest BCUT2D eigenvalue weighted by molar-refractivity contribution is 7.99. The summed E-state index contributed by atoms with van der Waals surface area (Å²) < 4.78 is 37.6. The molecule has 25 heavy (non-hydrogen) atoms. The van der Waals surface area contributed by atoms with Crippen LogP contribution in [0.2, 0.25) is 0 Å². The number of piperazine rings is 1. The summed E-state index contributed by atoms with van der Waals surface area (Å²) in [6.07, 6.45) is -0.782. The summed E-state index contributed by atoms with van der Waals surface area (Å²) in [6.45, 7) is 4.55. The molecule has 1 aromatic heterocycles. The van der Waals surface area contributed by atoms with Crippen molar-refractivity contribution >= 4 is 17.7 Å². The average molecular weight is 368 g/mol. The molecule has 0 saturated carbocycles. The van der Waals surface area contributed by atoms with Gasteiger partial charge in [0, 0.05) is 55.8 Å². The second-order valence-corrected chi connectivity index (χ2v) is 6.92. The van der Waals surface area contributed by atoms with Gasteiger partial charge in [0.2, 0.25) is 5.95 Å². The molecule has 0 atom stereocenters. The van der Waals surface area contributed by atoms with Crippen LogP contribution in [-0.4, -0.2) is 53.3 Å². The minimum absolute atomic E-state index is 0.601. The third kappa shape index (κ3) is 5.09. The van der Waals surface area contributed by atoms with E-state index in [0.29, 0.717) is 0 Å². The Hall–Kier alpha value is -1.80. The van der Waals surface area contributed by atoms with Crippen LogP contribution in [-0.2, 0) is 6.18 Å². The molecule has 1 aliphatic heterocycles. The van der Waals surface area contributed by atoms with Gasteiger partial charge in [-0.3, -0.25) is 4.90 Å². The van der Waals surface area contributed by atoms with Crippen LogP contribution in [0.25, 0.3) is 0 Å². The molecule has 4 nitrogen and oxygen atoms in total. The van der Waals surface area contributed by atoms with E-state index in [2.05, 4.69) is 19.8 Å². The number of nitrogens with zero attached hydrogens (tertiary/aromatic N) is 4. The van der Waals surface area contributed by atoms with Gasteiger partial charge < -0.3 is 4.90 Å². The predicted octanol–water partition coefficient (Wildman–Crippen LogP) is 3.41. The van der Waals surface area contributed by atoms with Crippen molar-refractivity contribution in [2.24, 2.45) is 0 Å². The zero-order chi connectivity index (χ0) is 17.7. The molecular weight excluding hydrogens is 349 g/mol. The molecule has 0 aliphatic carbocycles.